The molecule has 0 saturated carbocycles. The van der Waals surface area contributed by atoms with Crippen molar-refractivity contribution in [2.24, 2.45) is 0 Å². The van der Waals surface area contributed by atoms with Gasteiger partial charge in [0.05, 0.1) is 0 Å². The van der Waals surface area contributed by atoms with E-state index in [-0.39, 0.29) is 6.03 Å². The molecule has 0 bridgehead atoms. The molecular formula is C18H22BrN3O. The molecule has 2 aromatic carbocycles. The highest BCUT2D eigenvalue weighted by Gasteiger charge is 2.05. The SMILES string of the molecule is Cc1cc(Br)ccc1NC(=O)NCc1cccc(CN(C)C)c1. The Hall–Kier alpha value is -1.85. The van der Waals surface area contributed by atoms with E-state index in [4.69, 9.17) is 0 Å². The second kappa shape index (κ2) is 8.13. The van der Waals surface area contributed by atoms with E-state index in [9.17, 15) is 4.79 Å². The van der Waals surface area contributed by atoms with Gasteiger partial charge in [0.25, 0.3) is 0 Å². The maximum absolute atomic E-state index is 12.0. The Morgan fingerprint density at radius 2 is 1.87 bits per heavy atom. The smallest absolute Gasteiger partial charge is 0.319 e. The minimum absolute atomic E-state index is 0.201. The Morgan fingerprint density at radius 1 is 1.13 bits per heavy atom. The number of carbonyl (C=O) groups is 1. The summed E-state index contributed by atoms with van der Waals surface area (Å²) in [6.45, 7) is 3.35. The summed E-state index contributed by atoms with van der Waals surface area (Å²) in [6.07, 6.45) is 0. The average molecular weight is 376 g/mol. The largest absolute Gasteiger partial charge is 0.334 e. The summed E-state index contributed by atoms with van der Waals surface area (Å²) in [7, 11) is 4.08. The van der Waals surface area contributed by atoms with Gasteiger partial charge in [-0.05, 0) is 55.9 Å². The third-order valence-corrected chi connectivity index (χ3v) is 3.87. The minimum Gasteiger partial charge on any atom is -0.334 e. The molecule has 5 heteroatoms. The number of benzene rings is 2. The van der Waals surface area contributed by atoms with Crippen LogP contribution in [0.2, 0.25) is 0 Å². The summed E-state index contributed by atoms with van der Waals surface area (Å²) in [6, 6.07) is 13.8. The number of rotatable bonds is 5. The van der Waals surface area contributed by atoms with Gasteiger partial charge in [-0.15, -0.1) is 0 Å². The summed E-state index contributed by atoms with van der Waals surface area (Å²) in [5, 5.41) is 5.77. The van der Waals surface area contributed by atoms with E-state index in [2.05, 4.69) is 43.6 Å². The van der Waals surface area contributed by atoms with Crippen molar-refractivity contribution in [1.82, 2.24) is 10.2 Å². The first-order valence-electron chi connectivity index (χ1n) is 7.47. The van der Waals surface area contributed by atoms with Crippen LogP contribution in [0.1, 0.15) is 16.7 Å². The Morgan fingerprint density at radius 3 is 2.57 bits per heavy atom. The van der Waals surface area contributed by atoms with Crippen molar-refractivity contribution in [3.8, 4) is 0 Å². The lowest BCUT2D eigenvalue weighted by Crippen LogP contribution is -2.28. The zero-order chi connectivity index (χ0) is 16.8. The van der Waals surface area contributed by atoms with E-state index >= 15 is 0 Å². The number of urea groups is 1. The van der Waals surface area contributed by atoms with Crippen LogP contribution < -0.4 is 10.6 Å². The monoisotopic (exact) mass is 375 g/mol. The summed E-state index contributed by atoms with van der Waals surface area (Å²) in [5.41, 5.74) is 4.15. The van der Waals surface area contributed by atoms with Crippen molar-refractivity contribution in [2.75, 3.05) is 19.4 Å². The molecule has 2 amide bonds. The number of aryl methyl sites for hydroxylation is 1. The second-order valence-electron chi connectivity index (χ2n) is 5.82. The van der Waals surface area contributed by atoms with Crippen molar-refractivity contribution in [3.63, 3.8) is 0 Å². The third kappa shape index (κ3) is 5.69. The van der Waals surface area contributed by atoms with E-state index in [1.165, 1.54) is 5.56 Å². The van der Waals surface area contributed by atoms with Crippen LogP contribution in [-0.2, 0) is 13.1 Å². The number of nitrogens with one attached hydrogen (secondary N) is 2. The Kier molecular flexibility index (Phi) is 6.19. The fourth-order valence-corrected chi connectivity index (χ4v) is 2.79. The van der Waals surface area contributed by atoms with Crippen LogP contribution in [0.5, 0.6) is 0 Å². The van der Waals surface area contributed by atoms with E-state index in [0.29, 0.717) is 6.54 Å². The van der Waals surface area contributed by atoms with E-state index in [1.54, 1.807) is 0 Å². The highest BCUT2D eigenvalue weighted by atomic mass is 79.9. The van der Waals surface area contributed by atoms with E-state index < -0.39 is 0 Å². The van der Waals surface area contributed by atoms with Crippen LogP contribution in [0, 0.1) is 6.92 Å². The predicted octanol–water partition coefficient (Wildman–Crippen LogP) is 4.14. The van der Waals surface area contributed by atoms with Crippen molar-refractivity contribution in [2.45, 2.75) is 20.0 Å². The highest BCUT2D eigenvalue weighted by Crippen LogP contribution is 2.19. The van der Waals surface area contributed by atoms with Crippen molar-refractivity contribution in [1.29, 1.82) is 0 Å². The molecule has 0 aliphatic rings. The first-order chi connectivity index (χ1) is 10.9. The first kappa shape index (κ1) is 17.5. The summed E-state index contributed by atoms with van der Waals surface area (Å²) in [4.78, 5) is 14.2. The lowest BCUT2D eigenvalue weighted by Gasteiger charge is -2.12. The van der Waals surface area contributed by atoms with Gasteiger partial charge >= 0.3 is 6.03 Å². The van der Waals surface area contributed by atoms with E-state index in [1.807, 2.05) is 51.4 Å². The topological polar surface area (TPSA) is 44.4 Å². The molecule has 0 radical (unpaired) electrons. The molecule has 0 fully saturated rings. The van der Waals surface area contributed by atoms with Crippen molar-refractivity contribution >= 4 is 27.6 Å². The van der Waals surface area contributed by atoms with E-state index in [0.717, 1.165) is 27.8 Å². The zero-order valence-corrected chi connectivity index (χ0v) is 15.3. The van der Waals surface area contributed by atoms with Crippen LogP contribution in [0.25, 0.3) is 0 Å². The number of anilines is 1. The van der Waals surface area contributed by atoms with Crippen LogP contribution in [0.4, 0.5) is 10.5 Å². The molecule has 2 N–H and O–H groups in total. The van der Waals surface area contributed by atoms with Gasteiger partial charge < -0.3 is 15.5 Å². The Balaban J connectivity index is 1.91. The number of hydrogen-bond acceptors (Lipinski definition) is 2. The molecule has 2 aromatic rings. The fraction of sp³-hybridized carbons (Fsp3) is 0.278. The fourth-order valence-electron chi connectivity index (χ4n) is 2.32. The zero-order valence-electron chi connectivity index (χ0n) is 13.7. The van der Waals surface area contributed by atoms with Gasteiger partial charge in [-0.3, -0.25) is 0 Å². The molecule has 4 nitrogen and oxygen atoms in total. The highest BCUT2D eigenvalue weighted by molar-refractivity contribution is 9.10. The number of carbonyl (C=O) groups excluding carboxylic acids is 1. The van der Waals surface area contributed by atoms with Crippen molar-refractivity contribution < 1.29 is 4.79 Å². The van der Waals surface area contributed by atoms with Crippen molar-refractivity contribution in [3.05, 3.63) is 63.6 Å². The lowest BCUT2D eigenvalue weighted by atomic mass is 10.1. The minimum atomic E-state index is -0.201. The second-order valence-corrected chi connectivity index (χ2v) is 6.74. The molecular weight excluding hydrogens is 354 g/mol. The molecule has 0 aliphatic heterocycles. The number of nitrogens with zero attached hydrogens (tertiary/aromatic N) is 1. The lowest BCUT2D eigenvalue weighted by molar-refractivity contribution is 0.251. The standard InChI is InChI=1S/C18H22BrN3O/c1-13-9-16(19)7-8-17(13)21-18(23)20-11-14-5-4-6-15(10-14)12-22(2)3/h4-10H,11-12H2,1-3H3,(H2,20,21,23). The quantitative estimate of drug-likeness (QED) is 0.824. The molecule has 2 rings (SSSR count). The normalized spacial score (nSPS) is 10.7. The Labute approximate surface area is 146 Å². The van der Waals surface area contributed by atoms with Crippen LogP contribution in [0.15, 0.2) is 46.9 Å². The first-order valence-corrected chi connectivity index (χ1v) is 8.27. The molecule has 0 aliphatic carbocycles. The van der Waals surface area contributed by atoms with Gasteiger partial charge in [0.15, 0.2) is 0 Å². The molecule has 0 atom stereocenters. The molecule has 0 unspecified atom stereocenters. The molecule has 0 heterocycles. The maximum Gasteiger partial charge on any atom is 0.319 e. The maximum atomic E-state index is 12.0. The Bertz CT molecular complexity index is 686. The summed E-state index contributed by atoms with van der Waals surface area (Å²) >= 11 is 3.42. The molecule has 0 aromatic heterocycles. The number of halogens is 1. The summed E-state index contributed by atoms with van der Waals surface area (Å²) < 4.78 is 0.999. The van der Waals surface area contributed by atoms with Gasteiger partial charge in [-0.2, -0.15) is 0 Å². The van der Waals surface area contributed by atoms with Gasteiger partial charge in [-0.25, -0.2) is 4.79 Å². The average Bonchev–Trinajstić information content (AvgIpc) is 2.48. The van der Waals surface area contributed by atoms with Gasteiger partial charge in [0.1, 0.15) is 0 Å². The van der Waals surface area contributed by atoms with Gasteiger partial charge in [-0.1, -0.05) is 40.2 Å². The van der Waals surface area contributed by atoms with Gasteiger partial charge in [0.2, 0.25) is 0 Å². The van der Waals surface area contributed by atoms with Crippen LogP contribution in [0.3, 0.4) is 0 Å². The summed E-state index contributed by atoms with van der Waals surface area (Å²) in [5.74, 6) is 0. The predicted molar refractivity (Wildman–Crippen MR) is 98.6 cm³/mol. The molecule has 23 heavy (non-hydrogen) atoms. The number of hydrogen-bond donors (Lipinski definition) is 2. The van der Waals surface area contributed by atoms with Gasteiger partial charge in [0, 0.05) is 23.2 Å². The molecule has 0 spiro atoms. The number of amides is 2. The third-order valence-electron chi connectivity index (χ3n) is 3.38. The van der Waals surface area contributed by atoms with Crippen LogP contribution in [-0.4, -0.2) is 25.0 Å². The molecule has 0 saturated heterocycles. The van der Waals surface area contributed by atoms with Crippen LogP contribution >= 0.6 is 15.9 Å². The molecule has 122 valence electrons.